The molecule has 76 valence electrons. The molecule has 16 heavy (non-hydrogen) atoms. The Morgan fingerprint density at radius 3 is 3.00 bits per heavy atom. The summed E-state index contributed by atoms with van der Waals surface area (Å²) in [5, 5.41) is 3.44. The van der Waals surface area contributed by atoms with Crippen molar-refractivity contribution in [1.82, 2.24) is 9.97 Å². The molecule has 0 unspecified atom stereocenters. The third-order valence-corrected chi connectivity index (χ3v) is 2.98. The molecule has 4 aromatic rings. The molecular formula is C13H8N2O. The number of hydrogen-bond donors (Lipinski definition) is 1. The first-order chi connectivity index (χ1) is 7.93. The fraction of sp³-hybridized carbons (Fsp3) is 0. The van der Waals surface area contributed by atoms with Gasteiger partial charge in [-0.1, -0.05) is 0 Å². The highest BCUT2D eigenvalue weighted by Gasteiger charge is 2.09. The Labute approximate surface area is 90.7 Å². The number of H-pyrrole nitrogens is 1. The van der Waals surface area contributed by atoms with Crippen molar-refractivity contribution in [2.75, 3.05) is 0 Å². The molecule has 0 aliphatic rings. The van der Waals surface area contributed by atoms with E-state index in [1.54, 1.807) is 12.5 Å². The van der Waals surface area contributed by atoms with Crippen LogP contribution in [0.25, 0.3) is 32.9 Å². The lowest BCUT2D eigenvalue weighted by molar-refractivity contribution is 0.605. The number of nitrogens with one attached hydrogen (secondary N) is 1. The third kappa shape index (κ3) is 0.852. The summed E-state index contributed by atoms with van der Waals surface area (Å²) in [6, 6.07) is 10.1. The van der Waals surface area contributed by atoms with Gasteiger partial charge in [0, 0.05) is 22.4 Å². The van der Waals surface area contributed by atoms with Crippen LogP contribution in [0.4, 0.5) is 0 Å². The lowest BCUT2D eigenvalue weighted by Gasteiger charge is -1.97. The summed E-state index contributed by atoms with van der Waals surface area (Å²) in [5.41, 5.74) is 2.92. The number of hydrogen-bond acceptors (Lipinski definition) is 2. The summed E-state index contributed by atoms with van der Waals surface area (Å²) in [7, 11) is 0. The summed E-state index contributed by atoms with van der Waals surface area (Å²) in [4.78, 5) is 7.63. The molecule has 0 saturated carbocycles. The molecule has 0 saturated heterocycles. The summed E-state index contributed by atoms with van der Waals surface area (Å²) >= 11 is 0. The highest BCUT2D eigenvalue weighted by atomic mass is 16.3. The van der Waals surface area contributed by atoms with E-state index in [0.717, 1.165) is 27.5 Å². The smallest absolute Gasteiger partial charge is 0.205 e. The average Bonchev–Trinajstić information content (AvgIpc) is 2.88. The zero-order valence-corrected chi connectivity index (χ0v) is 8.40. The molecule has 3 aromatic heterocycles. The zero-order chi connectivity index (χ0) is 10.5. The molecule has 0 fully saturated rings. The summed E-state index contributed by atoms with van der Waals surface area (Å²) in [6.45, 7) is 0. The van der Waals surface area contributed by atoms with Crippen molar-refractivity contribution in [3.8, 4) is 0 Å². The molecule has 0 spiro atoms. The molecule has 3 heterocycles. The van der Waals surface area contributed by atoms with Crippen molar-refractivity contribution in [3.63, 3.8) is 0 Å². The second-order valence-electron chi connectivity index (χ2n) is 3.85. The van der Waals surface area contributed by atoms with Gasteiger partial charge >= 0.3 is 0 Å². The summed E-state index contributed by atoms with van der Waals surface area (Å²) in [6.07, 6.45) is 3.51. The molecule has 0 aliphatic carbocycles. The topological polar surface area (TPSA) is 41.8 Å². The Kier molecular flexibility index (Phi) is 1.31. The first-order valence-corrected chi connectivity index (χ1v) is 5.16. The molecule has 0 bridgehead atoms. The zero-order valence-electron chi connectivity index (χ0n) is 8.40. The second-order valence-corrected chi connectivity index (χ2v) is 3.85. The van der Waals surface area contributed by atoms with E-state index in [2.05, 4.69) is 22.1 Å². The number of rotatable bonds is 0. The van der Waals surface area contributed by atoms with E-state index < -0.39 is 0 Å². The van der Waals surface area contributed by atoms with Crippen LogP contribution in [-0.2, 0) is 0 Å². The normalized spacial score (nSPS) is 11.8. The number of pyridine rings is 1. The van der Waals surface area contributed by atoms with Crippen molar-refractivity contribution in [2.24, 2.45) is 0 Å². The van der Waals surface area contributed by atoms with Crippen LogP contribution in [0.1, 0.15) is 0 Å². The van der Waals surface area contributed by atoms with E-state index in [0.29, 0.717) is 0 Å². The van der Waals surface area contributed by atoms with Crippen LogP contribution < -0.4 is 0 Å². The van der Waals surface area contributed by atoms with Gasteiger partial charge in [0.25, 0.3) is 0 Å². The van der Waals surface area contributed by atoms with Crippen LogP contribution in [-0.4, -0.2) is 9.97 Å². The molecule has 3 heteroatoms. The first-order valence-electron chi connectivity index (χ1n) is 5.16. The number of nitrogens with zero attached hydrogens (tertiary/aromatic N) is 1. The Morgan fingerprint density at radius 1 is 1.00 bits per heavy atom. The molecule has 0 amide bonds. The standard InChI is InChI=1S/C13H8N2O/c1-2-10-11(14-6-1)4-3-8-9-5-7-16-13(9)15-12(8)10/h1-7,15H. The molecule has 1 N–H and O–H groups in total. The molecule has 0 aliphatic heterocycles. The third-order valence-electron chi connectivity index (χ3n) is 2.98. The number of fused-ring (bicyclic) bond motifs is 5. The maximum atomic E-state index is 5.38. The maximum Gasteiger partial charge on any atom is 0.205 e. The van der Waals surface area contributed by atoms with Gasteiger partial charge in [0.1, 0.15) is 0 Å². The quantitative estimate of drug-likeness (QED) is 0.480. The largest absolute Gasteiger partial charge is 0.448 e. The fourth-order valence-corrected chi connectivity index (χ4v) is 2.24. The van der Waals surface area contributed by atoms with Gasteiger partial charge in [0.15, 0.2) is 0 Å². The fourth-order valence-electron chi connectivity index (χ4n) is 2.24. The van der Waals surface area contributed by atoms with Gasteiger partial charge in [0.05, 0.1) is 17.3 Å². The second kappa shape index (κ2) is 2.64. The van der Waals surface area contributed by atoms with E-state index in [9.17, 15) is 0 Å². The minimum absolute atomic E-state index is 0.825. The Hall–Kier alpha value is -2.29. The SMILES string of the molecule is c1cnc2ccc3c4ccoc4[nH]c3c2c1. The van der Waals surface area contributed by atoms with Crippen LogP contribution in [0.5, 0.6) is 0 Å². The Balaban J connectivity index is 2.36. The van der Waals surface area contributed by atoms with Gasteiger partial charge in [-0.05, 0) is 30.3 Å². The first kappa shape index (κ1) is 7.93. The molecule has 1 aromatic carbocycles. The number of benzene rings is 1. The van der Waals surface area contributed by atoms with Crippen molar-refractivity contribution in [2.45, 2.75) is 0 Å². The maximum absolute atomic E-state index is 5.38. The number of furan rings is 1. The minimum atomic E-state index is 0.825. The van der Waals surface area contributed by atoms with Gasteiger partial charge in [-0.25, -0.2) is 0 Å². The monoisotopic (exact) mass is 208 g/mol. The van der Waals surface area contributed by atoms with Crippen LogP contribution in [0.2, 0.25) is 0 Å². The van der Waals surface area contributed by atoms with Crippen LogP contribution in [0.15, 0.2) is 47.2 Å². The highest BCUT2D eigenvalue weighted by Crippen LogP contribution is 2.30. The van der Waals surface area contributed by atoms with Crippen molar-refractivity contribution in [1.29, 1.82) is 0 Å². The summed E-state index contributed by atoms with van der Waals surface area (Å²) < 4.78 is 5.38. The van der Waals surface area contributed by atoms with E-state index in [1.165, 1.54) is 5.39 Å². The molecule has 0 radical (unpaired) electrons. The van der Waals surface area contributed by atoms with Crippen molar-refractivity contribution >= 4 is 32.9 Å². The minimum Gasteiger partial charge on any atom is -0.448 e. The van der Waals surface area contributed by atoms with Crippen molar-refractivity contribution < 1.29 is 4.42 Å². The van der Waals surface area contributed by atoms with Gasteiger partial charge in [-0.2, -0.15) is 0 Å². The van der Waals surface area contributed by atoms with E-state index >= 15 is 0 Å². The molecule has 3 nitrogen and oxygen atoms in total. The molecule has 0 atom stereocenters. The van der Waals surface area contributed by atoms with Gasteiger partial charge in [-0.15, -0.1) is 0 Å². The van der Waals surface area contributed by atoms with E-state index in [4.69, 9.17) is 4.42 Å². The van der Waals surface area contributed by atoms with Gasteiger partial charge in [-0.3, -0.25) is 4.98 Å². The Bertz CT molecular complexity index is 804. The predicted octanol–water partition coefficient (Wildman–Crippen LogP) is 3.46. The van der Waals surface area contributed by atoms with Crippen LogP contribution in [0.3, 0.4) is 0 Å². The highest BCUT2D eigenvalue weighted by molar-refractivity contribution is 6.15. The van der Waals surface area contributed by atoms with Gasteiger partial charge in [0.2, 0.25) is 5.71 Å². The lowest BCUT2D eigenvalue weighted by atomic mass is 10.1. The van der Waals surface area contributed by atoms with Crippen LogP contribution in [0, 0.1) is 0 Å². The molecule has 4 rings (SSSR count). The number of aromatic amines is 1. The van der Waals surface area contributed by atoms with E-state index in [-0.39, 0.29) is 0 Å². The molecular weight excluding hydrogens is 200 g/mol. The average molecular weight is 208 g/mol. The van der Waals surface area contributed by atoms with Crippen LogP contribution >= 0.6 is 0 Å². The predicted molar refractivity (Wildman–Crippen MR) is 63.4 cm³/mol. The summed E-state index contributed by atoms with van der Waals surface area (Å²) in [5.74, 6) is 0. The van der Waals surface area contributed by atoms with Crippen molar-refractivity contribution in [3.05, 3.63) is 42.8 Å². The van der Waals surface area contributed by atoms with E-state index in [1.807, 2.05) is 18.2 Å². The Morgan fingerprint density at radius 2 is 2.00 bits per heavy atom. The van der Waals surface area contributed by atoms with Gasteiger partial charge < -0.3 is 9.40 Å². The number of aromatic nitrogens is 2. The lowest BCUT2D eigenvalue weighted by Crippen LogP contribution is -1.78.